The van der Waals surface area contributed by atoms with Crippen molar-refractivity contribution in [3.8, 4) is 23.0 Å². The Labute approximate surface area is 276 Å². The number of likely N-dealkylation sites (N-methyl/N-ethyl adjacent to an activating group) is 2. The Morgan fingerprint density at radius 2 is 1.43 bits per heavy atom. The van der Waals surface area contributed by atoms with Gasteiger partial charge >= 0.3 is 0 Å². The maximum Gasteiger partial charge on any atom is 0.174 e. The number of Topliss-reactive ketones (excluding diaryl/α,β-unsaturated/α-hetero) is 1. The second-order valence-electron chi connectivity index (χ2n) is 13.2. The highest BCUT2D eigenvalue weighted by molar-refractivity contribution is 6.03. The third-order valence-corrected chi connectivity index (χ3v) is 9.36. The van der Waals surface area contributed by atoms with Crippen molar-refractivity contribution < 1.29 is 23.7 Å². The number of ketones is 1. The molecular weight excluding hydrogens is 580 g/mol. The number of hydrogen-bond acceptors (Lipinski definition) is 9. The number of nitrogens with zero attached hydrogens (tertiary/aromatic N) is 4. The number of hydrogen-bond donors (Lipinski definition) is 0. The van der Waals surface area contributed by atoms with Crippen LogP contribution in [0.15, 0.2) is 42.0 Å². The first-order valence-electron chi connectivity index (χ1n) is 17.0. The van der Waals surface area contributed by atoms with Gasteiger partial charge in [0.1, 0.15) is 34.7 Å². The number of piperazine rings is 2. The molecule has 0 aromatic heterocycles. The van der Waals surface area contributed by atoms with Crippen LogP contribution in [-0.4, -0.2) is 125 Å². The van der Waals surface area contributed by atoms with Crippen molar-refractivity contribution in [2.75, 3.05) is 99.9 Å². The highest BCUT2D eigenvalue weighted by atomic mass is 16.5. The zero-order chi connectivity index (χ0) is 32.5. The lowest BCUT2D eigenvalue weighted by atomic mass is 9.92. The Morgan fingerprint density at radius 3 is 2.00 bits per heavy atom. The monoisotopic (exact) mass is 634 g/mol. The highest BCUT2D eigenvalue weighted by Gasteiger charge is 2.34. The maximum atomic E-state index is 13.6. The summed E-state index contributed by atoms with van der Waals surface area (Å²) in [5, 5.41) is 0. The van der Waals surface area contributed by atoms with E-state index in [-0.39, 0.29) is 12.2 Å². The van der Waals surface area contributed by atoms with Crippen LogP contribution >= 0.6 is 0 Å². The van der Waals surface area contributed by atoms with Gasteiger partial charge in [0, 0.05) is 77.1 Å². The van der Waals surface area contributed by atoms with Crippen LogP contribution < -0.4 is 18.9 Å². The number of rotatable bonds is 14. The highest BCUT2D eigenvalue weighted by Crippen LogP contribution is 2.46. The Kier molecular flexibility index (Phi) is 12.4. The van der Waals surface area contributed by atoms with Gasteiger partial charge < -0.3 is 38.5 Å². The van der Waals surface area contributed by atoms with Crippen molar-refractivity contribution in [3.05, 3.63) is 58.7 Å². The number of benzene rings is 2. The largest absolute Gasteiger partial charge is 0.496 e. The normalized spacial score (nSPS) is 19.8. The minimum Gasteiger partial charge on any atom is -0.496 e. The van der Waals surface area contributed by atoms with Crippen LogP contribution in [0.3, 0.4) is 0 Å². The lowest BCUT2D eigenvalue weighted by Crippen LogP contribution is -2.44. The standard InChI is InChI=1S/C37H54N4O5/c1-28(2)8-13-31-34(45-25-7-15-41-22-18-39(4)19-23-41)27-35(43-5)36-32(42)26-33(46-37(31)36)29-9-11-30(12-10-29)44-24-6-14-40-20-16-38(3)17-21-40/h8-12,27,33H,6-7,13-26H2,1-5H3. The second-order valence-corrected chi connectivity index (χ2v) is 13.2. The molecule has 0 aliphatic carbocycles. The number of carbonyl (C=O) groups is 1. The second kappa shape index (κ2) is 16.6. The summed E-state index contributed by atoms with van der Waals surface area (Å²) < 4.78 is 24.9. The third-order valence-electron chi connectivity index (χ3n) is 9.36. The minimum absolute atomic E-state index is 0.0207. The summed E-state index contributed by atoms with van der Waals surface area (Å²) in [6.45, 7) is 16.4. The van der Waals surface area contributed by atoms with Crippen LogP contribution in [0.1, 0.15) is 60.7 Å². The molecule has 0 radical (unpaired) electrons. The SMILES string of the molecule is COc1cc(OCCCN2CCN(C)CC2)c(CC=C(C)C)c2c1C(=O)CC(c1ccc(OCCCN3CCN(C)CC3)cc1)O2. The first-order chi connectivity index (χ1) is 22.3. The van der Waals surface area contributed by atoms with Crippen LogP contribution in [-0.2, 0) is 6.42 Å². The van der Waals surface area contributed by atoms with E-state index in [9.17, 15) is 4.79 Å². The summed E-state index contributed by atoms with van der Waals surface area (Å²) in [6, 6.07) is 9.88. The molecule has 3 heterocycles. The third kappa shape index (κ3) is 9.25. The van der Waals surface area contributed by atoms with Crippen LogP contribution in [0.2, 0.25) is 0 Å². The maximum absolute atomic E-state index is 13.6. The molecule has 2 aromatic rings. The fourth-order valence-corrected chi connectivity index (χ4v) is 6.35. The van der Waals surface area contributed by atoms with E-state index in [2.05, 4.69) is 53.6 Å². The smallest absolute Gasteiger partial charge is 0.174 e. The van der Waals surface area contributed by atoms with Gasteiger partial charge in [-0.1, -0.05) is 23.8 Å². The van der Waals surface area contributed by atoms with E-state index in [1.165, 1.54) is 5.57 Å². The molecule has 1 unspecified atom stereocenters. The first kappa shape index (κ1) is 34.2. The predicted molar refractivity (Wildman–Crippen MR) is 183 cm³/mol. The zero-order valence-electron chi connectivity index (χ0n) is 28.7. The molecule has 0 amide bonds. The van der Waals surface area contributed by atoms with Gasteiger partial charge in [-0.2, -0.15) is 0 Å². The molecule has 252 valence electrons. The average Bonchev–Trinajstić information content (AvgIpc) is 3.05. The summed E-state index contributed by atoms with van der Waals surface area (Å²) in [6.07, 6.45) is 4.56. The zero-order valence-corrected chi connectivity index (χ0v) is 28.7. The lowest BCUT2D eigenvalue weighted by Gasteiger charge is -2.32. The molecule has 9 heteroatoms. The quantitative estimate of drug-likeness (QED) is 0.212. The van der Waals surface area contributed by atoms with Crippen molar-refractivity contribution in [2.45, 2.75) is 45.6 Å². The molecule has 2 fully saturated rings. The number of ether oxygens (including phenoxy) is 4. The van der Waals surface area contributed by atoms with Crippen LogP contribution in [0.4, 0.5) is 0 Å². The van der Waals surface area contributed by atoms with Crippen molar-refractivity contribution in [3.63, 3.8) is 0 Å². The van der Waals surface area contributed by atoms with Crippen LogP contribution in [0, 0.1) is 0 Å². The van der Waals surface area contributed by atoms with Gasteiger partial charge in [0.05, 0.1) is 26.7 Å². The van der Waals surface area contributed by atoms with Crippen LogP contribution in [0.25, 0.3) is 0 Å². The number of allylic oxidation sites excluding steroid dienone is 2. The molecule has 0 spiro atoms. The molecule has 0 saturated carbocycles. The van der Waals surface area contributed by atoms with Gasteiger partial charge in [0.15, 0.2) is 5.78 Å². The lowest BCUT2D eigenvalue weighted by molar-refractivity contribution is 0.0841. The van der Waals surface area contributed by atoms with E-state index in [4.69, 9.17) is 18.9 Å². The van der Waals surface area contributed by atoms with E-state index >= 15 is 0 Å². The van der Waals surface area contributed by atoms with Crippen molar-refractivity contribution in [1.29, 1.82) is 0 Å². The van der Waals surface area contributed by atoms with Gasteiger partial charge in [0.2, 0.25) is 0 Å². The molecule has 2 saturated heterocycles. The summed E-state index contributed by atoms with van der Waals surface area (Å²) in [5.41, 5.74) is 3.56. The minimum atomic E-state index is -0.395. The van der Waals surface area contributed by atoms with Gasteiger partial charge in [-0.15, -0.1) is 0 Å². The topological polar surface area (TPSA) is 67.0 Å². The molecule has 2 aromatic carbocycles. The summed E-state index contributed by atoms with van der Waals surface area (Å²) in [4.78, 5) is 23.4. The summed E-state index contributed by atoms with van der Waals surface area (Å²) >= 11 is 0. The van der Waals surface area contributed by atoms with Gasteiger partial charge in [-0.25, -0.2) is 0 Å². The Bertz CT molecular complexity index is 1310. The molecule has 5 rings (SSSR count). The molecule has 3 aliphatic rings. The predicted octanol–water partition coefficient (Wildman–Crippen LogP) is 4.94. The molecule has 9 nitrogen and oxygen atoms in total. The van der Waals surface area contributed by atoms with E-state index in [0.29, 0.717) is 36.7 Å². The molecular formula is C37H54N4O5. The van der Waals surface area contributed by atoms with Gasteiger partial charge in [-0.05, 0) is 64.9 Å². The Hall–Kier alpha value is -3.11. The van der Waals surface area contributed by atoms with Gasteiger partial charge in [0.25, 0.3) is 0 Å². The van der Waals surface area contributed by atoms with Gasteiger partial charge in [-0.3, -0.25) is 4.79 Å². The average molecular weight is 635 g/mol. The Balaban J connectivity index is 1.24. The van der Waals surface area contributed by atoms with Crippen molar-refractivity contribution in [2.24, 2.45) is 0 Å². The van der Waals surface area contributed by atoms with E-state index in [0.717, 1.165) is 101 Å². The summed E-state index contributed by atoms with van der Waals surface area (Å²) in [7, 11) is 5.96. The summed E-state index contributed by atoms with van der Waals surface area (Å²) in [5.74, 6) is 2.67. The molecule has 1 atom stereocenters. The number of methoxy groups -OCH3 is 1. The van der Waals surface area contributed by atoms with E-state index in [1.807, 2.05) is 30.3 Å². The van der Waals surface area contributed by atoms with Crippen molar-refractivity contribution in [1.82, 2.24) is 19.6 Å². The number of fused-ring (bicyclic) bond motifs is 1. The van der Waals surface area contributed by atoms with E-state index < -0.39 is 6.10 Å². The van der Waals surface area contributed by atoms with Crippen LogP contribution in [0.5, 0.6) is 23.0 Å². The first-order valence-corrected chi connectivity index (χ1v) is 17.0. The molecule has 0 N–H and O–H groups in total. The fraction of sp³-hybridized carbons (Fsp3) is 0.595. The number of carbonyl (C=O) groups excluding carboxylic acids is 1. The fourth-order valence-electron chi connectivity index (χ4n) is 6.35. The molecule has 0 bridgehead atoms. The molecule has 3 aliphatic heterocycles. The molecule has 46 heavy (non-hydrogen) atoms. The Morgan fingerprint density at radius 1 is 0.848 bits per heavy atom. The van der Waals surface area contributed by atoms with Crippen molar-refractivity contribution >= 4 is 5.78 Å². The van der Waals surface area contributed by atoms with E-state index in [1.54, 1.807) is 7.11 Å².